The number of nitrogens with zero attached hydrogens (tertiary/aromatic N) is 2. The van der Waals surface area contributed by atoms with Crippen molar-refractivity contribution >= 4 is 29.4 Å². The number of rotatable bonds is 10. The van der Waals surface area contributed by atoms with Crippen LogP contribution < -0.4 is 10.2 Å². The maximum Gasteiger partial charge on any atom is 0.313 e. The quantitative estimate of drug-likeness (QED) is 0.215. The Bertz CT molecular complexity index is 1660. The van der Waals surface area contributed by atoms with E-state index in [2.05, 4.69) is 5.32 Å². The zero-order valence-electron chi connectivity index (χ0n) is 29.7. The molecule has 1 spiro atoms. The van der Waals surface area contributed by atoms with Crippen LogP contribution in [0.3, 0.4) is 0 Å². The number of aliphatic hydroxyl groups excluding tert-OH is 1. The second-order valence-electron chi connectivity index (χ2n) is 14.0. The Morgan fingerprint density at radius 1 is 0.980 bits per heavy atom. The van der Waals surface area contributed by atoms with Crippen molar-refractivity contribution in [1.29, 1.82) is 0 Å². The van der Waals surface area contributed by atoms with Crippen molar-refractivity contribution in [2.45, 2.75) is 82.3 Å². The lowest BCUT2D eigenvalue weighted by Gasteiger charge is -2.36. The predicted molar refractivity (Wildman–Crippen MR) is 191 cm³/mol. The molecule has 2 aromatic carbocycles. The highest BCUT2D eigenvalue weighted by atomic mass is 16.6. The molecule has 2 N–H and O–H groups in total. The normalized spacial score (nSPS) is 30.0. The number of fused-ring (bicyclic) bond motifs is 2. The molecule has 4 heterocycles. The number of aryl methyl sites for hydroxylation is 2. The average Bonchev–Trinajstić information content (AvgIpc) is 3.50. The van der Waals surface area contributed by atoms with Gasteiger partial charge < -0.3 is 34.4 Å². The van der Waals surface area contributed by atoms with Gasteiger partial charge in [0.25, 0.3) is 5.91 Å². The largest absolute Gasteiger partial charge is 0.455 e. The second-order valence-corrected chi connectivity index (χ2v) is 14.0. The summed E-state index contributed by atoms with van der Waals surface area (Å²) in [6.07, 6.45) is 8.85. The highest BCUT2D eigenvalue weighted by Crippen LogP contribution is 2.53. The molecule has 11 heteroatoms. The topological polar surface area (TPSA) is 135 Å². The summed E-state index contributed by atoms with van der Waals surface area (Å²) in [5.74, 6) is -3.56. The summed E-state index contributed by atoms with van der Waals surface area (Å²) < 4.78 is 18.7. The van der Waals surface area contributed by atoms with Gasteiger partial charge in [0, 0.05) is 38.9 Å². The highest BCUT2D eigenvalue weighted by molar-refractivity contribution is 6.06. The van der Waals surface area contributed by atoms with E-state index in [0.717, 1.165) is 29.7 Å². The lowest BCUT2D eigenvalue weighted by molar-refractivity contribution is -0.162. The zero-order valence-corrected chi connectivity index (χ0v) is 29.7. The summed E-state index contributed by atoms with van der Waals surface area (Å²) in [6, 6.07) is 13.4. The van der Waals surface area contributed by atoms with Gasteiger partial charge in [-0.2, -0.15) is 0 Å². The van der Waals surface area contributed by atoms with E-state index in [0.29, 0.717) is 31.4 Å². The molecule has 51 heavy (non-hydrogen) atoms. The SMILES string of the molecule is COC[C@@H]1NC(=O)CC/C=C\[C@@H]2O[C@@]34C=CCN(c5cc(C)ccc5C)C(=O)[C@@H]3N(CCCCCCO)C(=O)[C@H]4[C@@H]2C(=O)O[C@H]1c1ccccc1. The molecule has 0 bridgehead atoms. The molecule has 4 aliphatic rings. The van der Waals surface area contributed by atoms with Crippen molar-refractivity contribution in [2.75, 3.05) is 38.3 Å². The Morgan fingerprint density at radius 2 is 1.76 bits per heavy atom. The first kappa shape index (κ1) is 36.5. The average molecular weight is 700 g/mol. The van der Waals surface area contributed by atoms with Gasteiger partial charge in [-0.25, -0.2) is 0 Å². The monoisotopic (exact) mass is 699 g/mol. The number of benzene rings is 2. The van der Waals surface area contributed by atoms with Crippen molar-refractivity contribution < 1.29 is 38.5 Å². The summed E-state index contributed by atoms with van der Waals surface area (Å²) in [5.41, 5.74) is 1.92. The van der Waals surface area contributed by atoms with E-state index >= 15 is 0 Å². The third-order valence-electron chi connectivity index (χ3n) is 10.5. The Kier molecular flexibility index (Phi) is 11.4. The number of carbonyl (C=O) groups is 4. The fourth-order valence-electron chi connectivity index (χ4n) is 8.10. The van der Waals surface area contributed by atoms with E-state index in [-0.39, 0.29) is 43.9 Å². The van der Waals surface area contributed by atoms with Crippen LogP contribution in [0.2, 0.25) is 0 Å². The molecule has 0 aromatic heterocycles. The highest BCUT2D eigenvalue weighted by Gasteiger charge is 2.71. The van der Waals surface area contributed by atoms with Crippen LogP contribution in [-0.2, 0) is 33.4 Å². The second kappa shape index (κ2) is 15.9. The van der Waals surface area contributed by atoms with Gasteiger partial charge in [-0.3, -0.25) is 19.2 Å². The molecule has 6 rings (SSSR count). The van der Waals surface area contributed by atoms with Crippen LogP contribution in [-0.4, -0.2) is 90.9 Å². The van der Waals surface area contributed by atoms with E-state index in [1.165, 1.54) is 7.11 Å². The van der Waals surface area contributed by atoms with Crippen molar-refractivity contribution in [3.8, 4) is 0 Å². The van der Waals surface area contributed by atoms with E-state index in [1.807, 2.05) is 74.5 Å². The number of hydrogen-bond donors (Lipinski definition) is 2. The minimum absolute atomic E-state index is 0.0862. The summed E-state index contributed by atoms with van der Waals surface area (Å²) in [5, 5.41) is 12.3. The Morgan fingerprint density at radius 3 is 2.53 bits per heavy atom. The molecule has 272 valence electrons. The first-order chi connectivity index (χ1) is 24.7. The molecule has 0 unspecified atom stereocenters. The van der Waals surface area contributed by atoms with Crippen molar-refractivity contribution in [3.05, 3.63) is 89.5 Å². The van der Waals surface area contributed by atoms with Crippen LogP contribution in [0.25, 0.3) is 0 Å². The minimum atomic E-state index is -1.44. The van der Waals surface area contributed by atoms with Crippen molar-refractivity contribution in [2.24, 2.45) is 11.8 Å². The van der Waals surface area contributed by atoms with E-state index in [4.69, 9.17) is 14.2 Å². The first-order valence-corrected chi connectivity index (χ1v) is 18.1. The van der Waals surface area contributed by atoms with Gasteiger partial charge in [0.05, 0.1) is 24.7 Å². The van der Waals surface area contributed by atoms with Gasteiger partial charge in [0.15, 0.2) is 0 Å². The van der Waals surface area contributed by atoms with Gasteiger partial charge >= 0.3 is 5.97 Å². The molecule has 0 aliphatic carbocycles. The number of allylic oxidation sites excluding steroid dienone is 1. The van der Waals surface area contributed by atoms with Crippen molar-refractivity contribution in [3.63, 3.8) is 0 Å². The molecular weight excluding hydrogens is 650 g/mol. The van der Waals surface area contributed by atoms with Gasteiger partial charge in [-0.15, -0.1) is 0 Å². The number of cyclic esters (lactones) is 1. The molecule has 3 amide bonds. The van der Waals surface area contributed by atoms with Crippen LogP contribution >= 0.6 is 0 Å². The molecule has 7 atom stereocenters. The molecule has 2 aromatic rings. The summed E-state index contributed by atoms with van der Waals surface area (Å²) in [4.78, 5) is 60.7. The third kappa shape index (κ3) is 7.24. The molecule has 0 saturated carbocycles. The first-order valence-electron chi connectivity index (χ1n) is 18.1. The van der Waals surface area contributed by atoms with Crippen LogP contribution in [0.5, 0.6) is 0 Å². The van der Waals surface area contributed by atoms with E-state index in [9.17, 15) is 24.3 Å². The third-order valence-corrected chi connectivity index (χ3v) is 10.5. The Labute approximate surface area is 299 Å². The molecule has 2 fully saturated rings. The number of amides is 3. The number of likely N-dealkylation sites (tertiary alicyclic amines) is 1. The van der Waals surface area contributed by atoms with Gasteiger partial charge in [-0.1, -0.05) is 79.6 Å². The van der Waals surface area contributed by atoms with Gasteiger partial charge in [0.2, 0.25) is 11.8 Å². The van der Waals surface area contributed by atoms with Gasteiger partial charge in [0.1, 0.15) is 23.7 Å². The number of methoxy groups -OCH3 is 1. The number of nitrogens with one attached hydrogen (secondary N) is 1. The fraction of sp³-hybridized carbons (Fsp3) is 0.500. The van der Waals surface area contributed by atoms with Crippen LogP contribution in [0.1, 0.15) is 61.3 Å². The van der Waals surface area contributed by atoms with E-state index in [1.54, 1.807) is 22.0 Å². The molecule has 2 saturated heterocycles. The van der Waals surface area contributed by atoms with Crippen LogP contribution in [0, 0.1) is 25.7 Å². The predicted octanol–water partition coefficient (Wildman–Crippen LogP) is 4.11. The number of unbranched alkanes of at least 4 members (excludes halogenated alkanes) is 3. The fourth-order valence-corrected chi connectivity index (χ4v) is 8.10. The minimum Gasteiger partial charge on any atom is -0.455 e. The molecular formula is C40H49N3O8. The molecule has 11 nitrogen and oxygen atoms in total. The Hall–Kier alpha value is -4.32. The lowest BCUT2D eigenvalue weighted by Crippen LogP contribution is -2.55. The zero-order chi connectivity index (χ0) is 36.1. The number of anilines is 1. The Balaban J connectivity index is 1.43. The van der Waals surface area contributed by atoms with E-state index < -0.39 is 47.7 Å². The number of aliphatic hydroxyl groups is 1. The van der Waals surface area contributed by atoms with Crippen LogP contribution in [0.4, 0.5) is 5.69 Å². The number of hydrogen-bond acceptors (Lipinski definition) is 8. The summed E-state index contributed by atoms with van der Waals surface area (Å²) in [6.45, 7) is 4.68. The summed E-state index contributed by atoms with van der Waals surface area (Å²) >= 11 is 0. The smallest absolute Gasteiger partial charge is 0.313 e. The number of ether oxygens (including phenoxy) is 3. The maximum absolute atomic E-state index is 14.9. The standard InChI is InChI=1S/C40H49N3O8/c1-26-18-19-27(2)30(24-26)42-22-13-20-40-34(37(46)43(36(40)38(42)47)21-11-4-5-12-23-44)33-31(51-40)16-9-10-17-32(45)41-29(25-49-3)35(50-39(33)48)28-14-7-6-8-15-28/h6-9,13-16,18-20,24,29,31,33-36,44H,4-5,10-12,17,21-23,25H2,1-3H3,(H,41,45)/b16-9-/t29-,31-,33+,34+,35-,36-,40+/m0/s1. The molecule has 0 radical (unpaired) electrons. The summed E-state index contributed by atoms with van der Waals surface area (Å²) in [7, 11) is 1.52. The molecule has 4 aliphatic heterocycles. The van der Waals surface area contributed by atoms with Crippen LogP contribution in [0.15, 0.2) is 72.8 Å². The lowest BCUT2D eigenvalue weighted by atomic mass is 9.77. The van der Waals surface area contributed by atoms with Gasteiger partial charge in [-0.05, 0) is 55.9 Å². The number of esters is 1. The maximum atomic E-state index is 14.9. The number of carbonyl (C=O) groups excluding carboxylic acids is 4. The van der Waals surface area contributed by atoms with Crippen molar-refractivity contribution in [1.82, 2.24) is 10.2 Å².